The van der Waals surface area contributed by atoms with Gasteiger partial charge in [0.05, 0.1) is 23.9 Å². The van der Waals surface area contributed by atoms with Crippen molar-refractivity contribution >= 4 is 5.82 Å². The highest BCUT2D eigenvalue weighted by Crippen LogP contribution is 2.18. The topological polar surface area (TPSA) is 81.2 Å². The first kappa shape index (κ1) is 12.2. The van der Waals surface area contributed by atoms with Crippen LogP contribution in [0.3, 0.4) is 0 Å². The van der Waals surface area contributed by atoms with Crippen molar-refractivity contribution in [1.82, 2.24) is 9.78 Å². The third-order valence-electron chi connectivity index (χ3n) is 2.44. The molecule has 18 heavy (non-hydrogen) atoms. The van der Waals surface area contributed by atoms with E-state index in [4.69, 9.17) is 0 Å². The minimum Gasteiger partial charge on any atom is -0.386 e. The fourth-order valence-corrected chi connectivity index (χ4v) is 1.57. The number of nitrogens with zero attached hydrogens (tertiary/aromatic N) is 3. The molecule has 1 aromatic carbocycles. The number of aliphatic hydroxyl groups excluding tert-OH is 1. The van der Waals surface area contributed by atoms with E-state index in [9.17, 15) is 19.6 Å². The van der Waals surface area contributed by atoms with Gasteiger partial charge in [-0.25, -0.2) is 4.39 Å². The summed E-state index contributed by atoms with van der Waals surface area (Å²) in [4.78, 5) is 9.80. The molecule has 1 N–H and O–H groups in total. The Hall–Kier alpha value is -2.28. The van der Waals surface area contributed by atoms with Crippen molar-refractivity contribution in [3.8, 4) is 0 Å². The number of hydrogen-bond donors (Lipinski definition) is 1. The van der Waals surface area contributed by atoms with Gasteiger partial charge in [-0.3, -0.25) is 0 Å². The highest BCUT2D eigenvalue weighted by Gasteiger charge is 2.17. The van der Waals surface area contributed by atoms with Gasteiger partial charge < -0.3 is 15.2 Å². The van der Waals surface area contributed by atoms with Gasteiger partial charge >= 0.3 is 5.82 Å². The zero-order valence-electron chi connectivity index (χ0n) is 9.23. The zero-order chi connectivity index (χ0) is 13.1. The van der Waals surface area contributed by atoms with Crippen LogP contribution in [0.25, 0.3) is 0 Å². The Morgan fingerprint density at radius 2 is 2.17 bits per heavy atom. The summed E-state index contributed by atoms with van der Waals surface area (Å²) >= 11 is 0. The van der Waals surface area contributed by atoms with Gasteiger partial charge in [-0.05, 0) is 11.0 Å². The van der Waals surface area contributed by atoms with Gasteiger partial charge in [-0.1, -0.05) is 18.2 Å². The fourth-order valence-electron chi connectivity index (χ4n) is 1.57. The van der Waals surface area contributed by atoms with E-state index in [0.29, 0.717) is 0 Å². The third kappa shape index (κ3) is 2.51. The van der Waals surface area contributed by atoms with E-state index in [1.807, 2.05) is 0 Å². The first-order valence-electron chi connectivity index (χ1n) is 5.18. The smallest absolute Gasteiger partial charge is 0.386 e. The number of aromatic nitrogens is 2. The van der Waals surface area contributed by atoms with Crippen molar-refractivity contribution in [3.63, 3.8) is 0 Å². The fraction of sp³-hybridized carbons (Fsp3) is 0.182. The second-order valence-corrected chi connectivity index (χ2v) is 3.69. The monoisotopic (exact) mass is 251 g/mol. The van der Waals surface area contributed by atoms with Gasteiger partial charge in [0.15, 0.2) is 0 Å². The molecule has 6 nitrogen and oxygen atoms in total. The molecule has 1 unspecified atom stereocenters. The summed E-state index contributed by atoms with van der Waals surface area (Å²) < 4.78 is 14.6. The molecule has 1 heterocycles. The molecule has 0 fully saturated rings. The van der Waals surface area contributed by atoms with E-state index >= 15 is 0 Å². The lowest BCUT2D eigenvalue weighted by Crippen LogP contribution is -2.10. The minimum absolute atomic E-state index is 0.0469. The molecule has 0 bridgehead atoms. The molecule has 0 radical (unpaired) electrons. The minimum atomic E-state index is -1.11. The summed E-state index contributed by atoms with van der Waals surface area (Å²) in [6, 6.07) is 7.04. The highest BCUT2D eigenvalue weighted by atomic mass is 19.1. The zero-order valence-corrected chi connectivity index (χ0v) is 9.23. The molecular formula is C11H10FN3O3. The predicted octanol–water partition coefficient (Wildman–Crippen LogP) is 1.66. The van der Waals surface area contributed by atoms with E-state index in [-0.39, 0.29) is 17.9 Å². The first-order chi connectivity index (χ1) is 8.58. The van der Waals surface area contributed by atoms with E-state index in [1.54, 1.807) is 6.07 Å². The van der Waals surface area contributed by atoms with Crippen molar-refractivity contribution in [2.75, 3.05) is 0 Å². The second kappa shape index (κ2) is 4.92. The molecule has 7 heteroatoms. The Bertz CT molecular complexity index is 570. The van der Waals surface area contributed by atoms with Crippen LogP contribution in [-0.2, 0) is 6.54 Å². The largest absolute Gasteiger partial charge is 0.389 e. The van der Waals surface area contributed by atoms with Crippen LogP contribution in [-0.4, -0.2) is 19.8 Å². The number of benzene rings is 1. The standard InChI is InChI=1S/C11H10FN3O3/c12-9-4-2-1-3-8(9)10(16)7-14-6-5-11(13-14)15(17)18/h1-6,10,16H,7H2. The first-order valence-corrected chi connectivity index (χ1v) is 5.18. The van der Waals surface area contributed by atoms with Crippen LogP contribution in [0.1, 0.15) is 11.7 Å². The van der Waals surface area contributed by atoms with Crippen molar-refractivity contribution in [3.05, 3.63) is 58.0 Å². The number of aliphatic hydroxyl groups is 1. The Labute approximate surface area is 101 Å². The average molecular weight is 251 g/mol. The molecule has 0 spiro atoms. The maximum absolute atomic E-state index is 13.4. The summed E-state index contributed by atoms with van der Waals surface area (Å²) in [7, 11) is 0. The van der Waals surface area contributed by atoms with Crippen molar-refractivity contribution < 1.29 is 14.4 Å². The number of rotatable bonds is 4. The summed E-state index contributed by atoms with van der Waals surface area (Å²) in [6.07, 6.45) is 0.257. The number of halogens is 1. The van der Waals surface area contributed by atoms with E-state index < -0.39 is 16.8 Å². The molecule has 2 aromatic rings. The highest BCUT2D eigenvalue weighted by molar-refractivity contribution is 5.20. The van der Waals surface area contributed by atoms with Crippen LogP contribution in [0.15, 0.2) is 36.5 Å². The maximum Gasteiger partial charge on any atom is 0.389 e. The number of nitro groups is 1. The lowest BCUT2D eigenvalue weighted by Gasteiger charge is -2.09. The Balaban J connectivity index is 2.13. The normalized spacial score (nSPS) is 12.3. The van der Waals surface area contributed by atoms with Crippen molar-refractivity contribution in [2.24, 2.45) is 0 Å². The molecule has 0 amide bonds. The average Bonchev–Trinajstić information content (AvgIpc) is 2.78. The summed E-state index contributed by atoms with van der Waals surface area (Å²) in [5, 5.41) is 23.9. The Kier molecular flexibility index (Phi) is 3.33. The Morgan fingerprint density at radius 3 is 2.78 bits per heavy atom. The van der Waals surface area contributed by atoms with Gasteiger partial charge in [-0.15, -0.1) is 0 Å². The molecule has 0 aliphatic heterocycles. The van der Waals surface area contributed by atoms with Gasteiger partial charge in [0.2, 0.25) is 0 Å². The second-order valence-electron chi connectivity index (χ2n) is 3.69. The Morgan fingerprint density at radius 1 is 1.44 bits per heavy atom. The van der Waals surface area contributed by atoms with Crippen molar-refractivity contribution in [1.29, 1.82) is 0 Å². The van der Waals surface area contributed by atoms with Gasteiger partial charge in [0.25, 0.3) is 0 Å². The van der Waals surface area contributed by atoms with Crippen LogP contribution in [0.2, 0.25) is 0 Å². The third-order valence-corrected chi connectivity index (χ3v) is 2.44. The van der Waals surface area contributed by atoms with Crippen LogP contribution in [0, 0.1) is 15.9 Å². The van der Waals surface area contributed by atoms with Crippen LogP contribution in [0.5, 0.6) is 0 Å². The lowest BCUT2D eigenvalue weighted by atomic mass is 10.1. The molecular weight excluding hydrogens is 241 g/mol. The van der Waals surface area contributed by atoms with E-state index in [2.05, 4.69) is 5.10 Å². The van der Waals surface area contributed by atoms with Gasteiger partial charge in [0, 0.05) is 5.56 Å². The molecule has 0 saturated heterocycles. The van der Waals surface area contributed by atoms with Crippen LogP contribution >= 0.6 is 0 Å². The summed E-state index contributed by atoms with van der Waals surface area (Å²) in [5.74, 6) is -0.831. The summed E-state index contributed by atoms with van der Waals surface area (Å²) in [6.45, 7) is -0.0469. The van der Waals surface area contributed by atoms with Crippen LogP contribution < -0.4 is 0 Å². The molecule has 0 aliphatic carbocycles. The van der Waals surface area contributed by atoms with Crippen molar-refractivity contribution in [2.45, 2.75) is 12.6 Å². The molecule has 1 atom stereocenters. The molecule has 2 rings (SSSR count). The van der Waals surface area contributed by atoms with E-state index in [1.165, 1.54) is 35.1 Å². The maximum atomic E-state index is 13.4. The van der Waals surface area contributed by atoms with Crippen LogP contribution in [0.4, 0.5) is 10.2 Å². The van der Waals surface area contributed by atoms with Gasteiger partial charge in [0.1, 0.15) is 11.9 Å². The van der Waals surface area contributed by atoms with E-state index in [0.717, 1.165) is 0 Å². The SMILES string of the molecule is O=[N+]([O-])c1ccn(CC(O)c2ccccc2F)n1. The van der Waals surface area contributed by atoms with Gasteiger partial charge in [-0.2, -0.15) is 4.68 Å². The number of hydrogen-bond acceptors (Lipinski definition) is 4. The predicted molar refractivity (Wildman–Crippen MR) is 60.2 cm³/mol. The lowest BCUT2D eigenvalue weighted by molar-refractivity contribution is -0.389. The summed E-state index contributed by atoms with van der Waals surface area (Å²) in [5.41, 5.74) is 0.135. The molecule has 0 saturated carbocycles. The quantitative estimate of drug-likeness (QED) is 0.661. The molecule has 94 valence electrons. The molecule has 0 aliphatic rings. The molecule has 1 aromatic heterocycles.